The van der Waals surface area contributed by atoms with E-state index < -0.39 is 23.4 Å². The van der Waals surface area contributed by atoms with Gasteiger partial charge in [-0.3, -0.25) is 4.79 Å². The number of rotatable bonds is 5. The van der Waals surface area contributed by atoms with Gasteiger partial charge in [0.05, 0.1) is 0 Å². The maximum absolute atomic E-state index is 13.0. The van der Waals surface area contributed by atoms with Crippen LogP contribution in [-0.4, -0.2) is 24.4 Å². The van der Waals surface area contributed by atoms with E-state index in [-0.39, 0.29) is 5.56 Å². The van der Waals surface area contributed by atoms with E-state index in [2.05, 4.69) is 0 Å². The molecule has 0 aliphatic heterocycles. The van der Waals surface area contributed by atoms with Crippen LogP contribution in [0.25, 0.3) is 0 Å². The molecule has 0 bridgehead atoms. The Morgan fingerprint density at radius 3 is 2.22 bits per heavy atom. The van der Waals surface area contributed by atoms with Crippen LogP contribution in [0.5, 0.6) is 0 Å². The van der Waals surface area contributed by atoms with Crippen molar-refractivity contribution in [1.29, 1.82) is 0 Å². The summed E-state index contributed by atoms with van der Waals surface area (Å²) in [4.78, 5) is 13.2. The fraction of sp³-hybridized carbons (Fsp3) is 0.462. The van der Waals surface area contributed by atoms with Crippen LogP contribution in [0.15, 0.2) is 12.1 Å². The molecule has 0 aromatic heterocycles. The molecule has 0 unspecified atom stereocenters. The van der Waals surface area contributed by atoms with Gasteiger partial charge in [0.2, 0.25) is 0 Å². The van der Waals surface area contributed by atoms with Gasteiger partial charge in [0.25, 0.3) is 5.91 Å². The lowest BCUT2D eigenvalue weighted by Crippen LogP contribution is -2.28. The van der Waals surface area contributed by atoms with Crippen molar-refractivity contribution >= 4 is 5.91 Å². The fourth-order valence-corrected chi connectivity index (χ4v) is 1.60. The molecule has 0 radical (unpaired) electrons. The van der Waals surface area contributed by atoms with Crippen LogP contribution >= 0.6 is 0 Å². The number of hydrogen-bond acceptors (Lipinski definition) is 1. The summed E-state index contributed by atoms with van der Waals surface area (Å²) in [6.45, 7) is 2.54. The summed E-state index contributed by atoms with van der Waals surface area (Å²) in [6.07, 6.45) is 2.82. The van der Waals surface area contributed by atoms with Gasteiger partial charge < -0.3 is 4.90 Å². The predicted octanol–water partition coefficient (Wildman–Crippen LogP) is 3.37. The zero-order valence-electron chi connectivity index (χ0n) is 10.5. The number of carbonyl (C=O) groups excluding carboxylic acids is 1. The van der Waals surface area contributed by atoms with Crippen molar-refractivity contribution in [3.8, 4) is 0 Å². The minimum atomic E-state index is -1.56. The Kier molecular flexibility index (Phi) is 5.19. The summed E-state index contributed by atoms with van der Waals surface area (Å²) in [6, 6.07) is 1.44. The highest BCUT2D eigenvalue weighted by Gasteiger charge is 2.17. The van der Waals surface area contributed by atoms with E-state index in [0.717, 1.165) is 31.4 Å². The van der Waals surface area contributed by atoms with Crippen molar-refractivity contribution in [2.24, 2.45) is 0 Å². The predicted molar refractivity (Wildman–Crippen MR) is 62.8 cm³/mol. The number of carbonyl (C=O) groups is 1. The lowest BCUT2D eigenvalue weighted by Gasteiger charge is -2.17. The highest BCUT2D eigenvalue weighted by atomic mass is 19.2. The molecule has 0 heterocycles. The van der Waals surface area contributed by atoms with Crippen LogP contribution in [0.3, 0.4) is 0 Å². The van der Waals surface area contributed by atoms with E-state index >= 15 is 0 Å². The highest BCUT2D eigenvalue weighted by Crippen LogP contribution is 2.15. The Bertz CT molecular complexity index is 411. The molecule has 0 saturated carbocycles. The molecule has 1 amide bonds. The Labute approximate surface area is 104 Å². The van der Waals surface area contributed by atoms with Crippen LogP contribution in [0.2, 0.25) is 0 Å². The van der Waals surface area contributed by atoms with E-state index in [0.29, 0.717) is 6.54 Å². The van der Waals surface area contributed by atoms with Crippen molar-refractivity contribution < 1.29 is 18.0 Å². The van der Waals surface area contributed by atoms with Gasteiger partial charge >= 0.3 is 0 Å². The molecular formula is C13H16F3NO. The quantitative estimate of drug-likeness (QED) is 0.586. The molecule has 5 heteroatoms. The highest BCUT2D eigenvalue weighted by molar-refractivity contribution is 5.94. The topological polar surface area (TPSA) is 20.3 Å². The molecule has 0 atom stereocenters. The second-order valence-corrected chi connectivity index (χ2v) is 4.19. The molecule has 0 saturated heterocycles. The summed E-state index contributed by atoms with van der Waals surface area (Å²) in [5, 5.41) is 0. The SMILES string of the molecule is CCCCCN(C)C(=O)c1cc(F)c(F)c(F)c1. The van der Waals surface area contributed by atoms with Crippen LogP contribution in [-0.2, 0) is 0 Å². The third kappa shape index (κ3) is 3.48. The summed E-state index contributed by atoms with van der Waals surface area (Å²) < 4.78 is 38.7. The average molecular weight is 259 g/mol. The van der Waals surface area contributed by atoms with E-state index in [4.69, 9.17) is 0 Å². The maximum Gasteiger partial charge on any atom is 0.253 e. The summed E-state index contributed by atoms with van der Waals surface area (Å²) in [5.41, 5.74) is -0.176. The Hall–Kier alpha value is -1.52. The first-order valence-corrected chi connectivity index (χ1v) is 5.87. The number of nitrogens with zero attached hydrogens (tertiary/aromatic N) is 1. The molecule has 0 fully saturated rings. The minimum Gasteiger partial charge on any atom is -0.342 e. The van der Waals surface area contributed by atoms with Crippen molar-refractivity contribution in [2.75, 3.05) is 13.6 Å². The Morgan fingerprint density at radius 2 is 1.72 bits per heavy atom. The third-order valence-corrected chi connectivity index (χ3v) is 2.67. The first-order chi connectivity index (χ1) is 8.47. The van der Waals surface area contributed by atoms with Crippen LogP contribution in [0, 0.1) is 17.5 Å². The van der Waals surface area contributed by atoms with Crippen LogP contribution in [0.1, 0.15) is 36.5 Å². The zero-order chi connectivity index (χ0) is 13.7. The second-order valence-electron chi connectivity index (χ2n) is 4.19. The molecular weight excluding hydrogens is 243 g/mol. The number of halogens is 3. The van der Waals surface area contributed by atoms with Gasteiger partial charge in [-0.15, -0.1) is 0 Å². The molecule has 1 rings (SSSR count). The summed E-state index contributed by atoms with van der Waals surface area (Å²) in [7, 11) is 1.55. The molecule has 1 aromatic carbocycles. The smallest absolute Gasteiger partial charge is 0.253 e. The van der Waals surface area contributed by atoms with Gasteiger partial charge in [-0.05, 0) is 18.6 Å². The van der Waals surface area contributed by atoms with Crippen molar-refractivity contribution in [3.05, 3.63) is 35.1 Å². The van der Waals surface area contributed by atoms with Gasteiger partial charge in [-0.1, -0.05) is 19.8 Å². The fourth-order valence-electron chi connectivity index (χ4n) is 1.60. The van der Waals surface area contributed by atoms with Crippen molar-refractivity contribution in [3.63, 3.8) is 0 Å². The van der Waals surface area contributed by atoms with E-state index in [1.807, 2.05) is 6.92 Å². The van der Waals surface area contributed by atoms with Crippen molar-refractivity contribution in [1.82, 2.24) is 4.90 Å². The van der Waals surface area contributed by atoms with Crippen molar-refractivity contribution in [2.45, 2.75) is 26.2 Å². The van der Waals surface area contributed by atoms with E-state index in [9.17, 15) is 18.0 Å². The number of benzene rings is 1. The number of amides is 1. The number of unbranched alkanes of at least 4 members (excludes halogenated alkanes) is 2. The molecule has 0 aliphatic rings. The first kappa shape index (κ1) is 14.5. The average Bonchev–Trinajstić information content (AvgIpc) is 2.34. The molecule has 0 spiro atoms. The normalized spacial score (nSPS) is 10.5. The van der Waals surface area contributed by atoms with Gasteiger partial charge in [0.1, 0.15) is 0 Å². The van der Waals surface area contributed by atoms with Gasteiger partial charge in [-0.25, -0.2) is 13.2 Å². The molecule has 18 heavy (non-hydrogen) atoms. The summed E-state index contributed by atoms with van der Waals surface area (Å²) >= 11 is 0. The third-order valence-electron chi connectivity index (χ3n) is 2.67. The van der Waals surface area contributed by atoms with E-state index in [1.54, 1.807) is 7.05 Å². The Balaban J connectivity index is 2.77. The van der Waals surface area contributed by atoms with Gasteiger partial charge in [0.15, 0.2) is 17.5 Å². The number of hydrogen-bond donors (Lipinski definition) is 0. The van der Waals surface area contributed by atoms with E-state index in [1.165, 1.54) is 4.90 Å². The standard InChI is InChI=1S/C13H16F3NO/c1-3-4-5-6-17(2)13(18)9-7-10(14)12(16)11(15)8-9/h7-8H,3-6H2,1-2H3. The lowest BCUT2D eigenvalue weighted by molar-refractivity contribution is 0.0791. The molecule has 100 valence electrons. The monoisotopic (exact) mass is 259 g/mol. The van der Waals surface area contributed by atoms with Gasteiger partial charge in [-0.2, -0.15) is 0 Å². The largest absolute Gasteiger partial charge is 0.342 e. The first-order valence-electron chi connectivity index (χ1n) is 5.87. The summed E-state index contributed by atoms with van der Waals surface area (Å²) in [5.74, 6) is -4.76. The second kappa shape index (κ2) is 6.42. The molecule has 2 nitrogen and oxygen atoms in total. The maximum atomic E-state index is 13.0. The van der Waals surface area contributed by atoms with Crippen LogP contribution in [0.4, 0.5) is 13.2 Å². The Morgan fingerprint density at radius 1 is 1.17 bits per heavy atom. The zero-order valence-corrected chi connectivity index (χ0v) is 10.5. The minimum absolute atomic E-state index is 0.176. The van der Waals surface area contributed by atoms with Crippen LogP contribution < -0.4 is 0 Å². The molecule has 1 aromatic rings. The molecule has 0 aliphatic carbocycles. The molecule has 0 N–H and O–H groups in total. The lowest BCUT2D eigenvalue weighted by atomic mass is 10.1. The van der Waals surface area contributed by atoms with Gasteiger partial charge in [0, 0.05) is 19.2 Å².